The highest BCUT2D eigenvalue weighted by Gasteiger charge is 2.03. The van der Waals surface area contributed by atoms with Gasteiger partial charge < -0.3 is 5.11 Å². The number of aromatic hydroxyl groups is 1. The molecule has 2 aromatic rings. The second-order valence-corrected chi connectivity index (χ2v) is 4.37. The number of nitrogens with one attached hydrogen (secondary N) is 1. The average molecular weight is 229 g/mol. The molecule has 0 fully saturated rings. The molecule has 0 bridgehead atoms. The molecule has 0 aliphatic carbocycles. The first-order valence-corrected chi connectivity index (χ1v) is 5.68. The molecule has 0 atom stereocenters. The Kier molecular flexibility index (Phi) is 3.27. The van der Waals surface area contributed by atoms with E-state index in [0.29, 0.717) is 5.04 Å². The van der Waals surface area contributed by atoms with Gasteiger partial charge in [-0.15, -0.1) is 0 Å². The number of hydrogen-bond donors (Lipinski definition) is 2. The van der Waals surface area contributed by atoms with E-state index in [2.05, 4.69) is 0 Å². The first kappa shape index (κ1) is 10.8. The molecule has 0 aliphatic heterocycles. The Morgan fingerprint density at radius 1 is 0.938 bits per heavy atom. The fraction of sp³-hybridized carbons (Fsp3) is 0. The number of benzene rings is 2. The van der Waals surface area contributed by atoms with Gasteiger partial charge in [-0.1, -0.05) is 30.0 Å². The standard InChI is InChI=1S/C13H11NOS/c14-13(10-6-8-11(15)9-7-10)16-12-4-2-1-3-5-12/h1-9,14-15H. The molecule has 0 saturated carbocycles. The van der Waals surface area contributed by atoms with Crippen molar-refractivity contribution in [3.05, 3.63) is 60.2 Å². The van der Waals surface area contributed by atoms with Crippen LogP contribution in [-0.4, -0.2) is 10.2 Å². The van der Waals surface area contributed by atoms with Gasteiger partial charge in [-0.2, -0.15) is 0 Å². The van der Waals surface area contributed by atoms with Crippen molar-refractivity contribution in [2.24, 2.45) is 0 Å². The number of phenols is 1. The second-order valence-electron chi connectivity index (χ2n) is 3.29. The van der Waals surface area contributed by atoms with Crippen LogP contribution < -0.4 is 0 Å². The van der Waals surface area contributed by atoms with Crippen molar-refractivity contribution in [3.63, 3.8) is 0 Å². The maximum absolute atomic E-state index is 9.15. The second kappa shape index (κ2) is 4.86. The minimum Gasteiger partial charge on any atom is -0.508 e. The van der Waals surface area contributed by atoms with E-state index in [1.165, 1.54) is 11.8 Å². The molecular formula is C13H11NOS. The molecular weight excluding hydrogens is 218 g/mol. The molecule has 0 aliphatic rings. The topological polar surface area (TPSA) is 44.1 Å². The number of phenolic OH excluding ortho intramolecular Hbond substituents is 1. The van der Waals surface area contributed by atoms with Gasteiger partial charge in [0.1, 0.15) is 5.75 Å². The van der Waals surface area contributed by atoms with Crippen molar-refractivity contribution >= 4 is 16.8 Å². The van der Waals surface area contributed by atoms with Crippen LogP contribution in [0.25, 0.3) is 0 Å². The molecule has 16 heavy (non-hydrogen) atoms. The summed E-state index contributed by atoms with van der Waals surface area (Å²) in [7, 11) is 0. The lowest BCUT2D eigenvalue weighted by Crippen LogP contribution is -1.92. The Morgan fingerprint density at radius 3 is 2.19 bits per heavy atom. The van der Waals surface area contributed by atoms with E-state index in [1.807, 2.05) is 30.3 Å². The Morgan fingerprint density at radius 2 is 1.56 bits per heavy atom. The van der Waals surface area contributed by atoms with Gasteiger partial charge in [0, 0.05) is 10.5 Å². The van der Waals surface area contributed by atoms with Crippen LogP contribution in [0.5, 0.6) is 5.75 Å². The Balaban J connectivity index is 2.12. The summed E-state index contributed by atoms with van der Waals surface area (Å²) in [5, 5.41) is 17.5. The quantitative estimate of drug-likeness (QED) is 0.470. The zero-order chi connectivity index (χ0) is 11.4. The molecule has 3 heteroatoms. The Labute approximate surface area is 98.5 Å². The molecule has 2 nitrogen and oxygen atoms in total. The predicted octanol–water partition coefficient (Wildman–Crippen LogP) is 3.51. The molecule has 80 valence electrons. The monoisotopic (exact) mass is 229 g/mol. The van der Waals surface area contributed by atoms with Crippen molar-refractivity contribution in [2.75, 3.05) is 0 Å². The summed E-state index contributed by atoms with van der Waals surface area (Å²) in [6, 6.07) is 16.5. The van der Waals surface area contributed by atoms with E-state index in [-0.39, 0.29) is 5.75 Å². The van der Waals surface area contributed by atoms with Crippen molar-refractivity contribution in [3.8, 4) is 5.75 Å². The van der Waals surface area contributed by atoms with E-state index in [4.69, 9.17) is 10.5 Å². The molecule has 0 heterocycles. The lowest BCUT2D eigenvalue weighted by Gasteiger charge is -2.03. The molecule has 0 amide bonds. The lowest BCUT2D eigenvalue weighted by atomic mass is 10.2. The average Bonchev–Trinajstić information content (AvgIpc) is 2.31. The summed E-state index contributed by atoms with van der Waals surface area (Å²) in [5.74, 6) is 0.223. The minimum atomic E-state index is 0.223. The Bertz CT molecular complexity index is 479. The molecule has 0 radical (unpaired) electrons. The zero-order valence-corrected chi connectivity index (χ0v) is 9.37. The number of rotatable bonds is 2. The SMILES string of the molecule is N=C(Sc1ccccc1)c1ccc(O)cc1. The van der Waals surface area contributed by atoms with Gasteiger partial charge in [0.05, 0.1) is 5.04 Å². The maximum atomic E-state index is 9.15. The minimum absolute atomic E-state index is 0.223. The van der Waals surface area contributed by atoms with Gasteiger partial charge in [0.2, 0.25) is 0 Å². The van der Waals surface area contributed by atoms with Crippen LogP contribution in [0.15, 0.2) is 59.5 Å². The van der Waals surface area contributed by atoms with Gasteiger partial charge in [-0.3, -0.25) is 5.41 Å². The summed E-state index contributed by atoms with van der Waals surface area (Å²) in [6.45, 7) is 0. The molecule has 0 unspecified atom stereocenters. The van der Waals surface area contributed by atoms with E-state index < -0.39 is 0 Å². The van der Waals surface area contributed by atoms with Crippen LogP contribution in [0.3, 0.4) is 0 Å². The normalized spacial score (nSPS) is 10.0. The number of thioether (sulfide) groups is 1. The van der Waals surface area contributed by atoms with Crippen molar-refractivity contribution < 1.29 is 5.11 Å². The van der Waals surface area contributed by atoms with E-state index in [1.54, 1.807) is 24.3 Å². The molecule has 2 aromatic carbocycles. The highest BCUT2D eigenvalue weighted by atomic mass is 32.2. The van der Waals surface area contributed by atoms with Gasteiger partial charge in [0.25, 0.3) is 0 Å². The third kappa shape index (κ3) is 2.64. The van der Waals surface area contributed by atoms with Crippen LogP contribution in [-0.2, 0) is 0 Å². The van der Waals surface area contributed by atoms with Crippen molar-refractivity contribution in [1.29, 1.82) is 5.41 Å². The van der Waals surface area contributed by atoms with Gasteiger partial charge in [0.15, 0.2) is 0 Å². The van der Waals surface area contributed by atoms with Crippen LogP contribution in [0, 0.1) is 5.41 Å². The third-order valence-corrected chi connectivity index (χ3v) is 3.04. The maximum Gasteiger partial charge on any atom is 0.115 e. The zero-order valence-electron chi connectivity index (χ0n) is 8.55. The smallest absolute Gasteiger partial charge is 0.115 e. The summed E-state index contributed by atoms with van der Waals surface area (Å²) in [6.07, 6.45) is 0. The molecule has 0 aromatic heterocycles. The molecule has 0 saturated heterocycles. The number of hydrogen-bond acceptors (Lipinski definition) is 3. The highest BCUT2D eigenvalue weighted by molar-refractivity contribution is 8.14. The van der Waals surface area contributed by atoms with Crippen LogP contribution >= 0.6 is 11.8 Å². The van der Waals surface area contributed by atoms with E-state index in [0.717, 1.165) is 10.5 Å². The van der Waals surface area contributed by atoms with Crippen LogP contribution in [0.4, 0.5) is 0 Å². The predicted molar refractivity (Wildman–Crippen MR) is 67.2 cm³/mol. The third-order valence-electron chi connectivity index (χ3n) is 2.09. The van der Waals surface area contributed by atoms with Crippen molar-refractivity contribution in [2.45, 2.75) is 4.90 Å². The molecule has 2 N–H and O–H groups in total. The Hall–Kier alpha value is -1.74. The first-order chi connectivity index (χ1) is 7.75. The summed E-state index contributed by atoms with van der Waals surface area (Å²) < 4.78 is 0. The van der Waals surface area contributed by atoms with E-state index >= 15 is 0 Å². The lowest BCUT2D eigenvalue weighted by molar-refractivity contribution is 0.475. The fourth-order valence-electron chi connectivity index (χ4n) is 1.28. The molecule has 0 spiro atoms. The van der Waals surface area contributed by atoms with Gasteiger partial charge in [-0.05, 0) is 36.4 Å². The van der Waals surface area contributed by atoms with E-state index in [9.17, 15) is 0 Å². The summed E-state index contributed by atoms with van der Waals surface area (Å²) in [4.78, 5) is 1.04. The molecule has 2 rings (SSSR count). The fourth-order valence-corrected chi connectivity index (χ4v) is 2.06. The van der Waals surface area contributed by atoms with Gasteiger partial charge >= 0.3 is 0 Å². The van der Waals surface area contributed by atoms with Crippen LogP contribution in [0.1, 0.15) is 5.56 Å². The first-order valence-electron chi connectivity index (χ1n) is 4.86. The summed E-state index contributed by atoms with van der Waals surface area (Å²) in [5.41, 5.74) is 0.812. The highest BCUT2D eigenvalue weighted by Crippen LogP contribution is 2.23. The van der Waals surface area contributed by atoms with Crippen LogP contribution in [0.2, 0.25) is 0 Å². The largest absolute Gasteiger partial charge is 0.508 e. The van der Waals surface area contributed by atoms with Gasteiger partial charge in [-0.25, -0.2) is 0 Å². The summed E-state index contributed by atoms with van der Waals surface area (Å²) >= 11 is 1.40. The van der Waals surface area contributed by atoms with Crippen molar-refractivity contribution in [1.82, 2.24) is 0 Å².